The summed E-state index contributed by atoms with van der Waals surface area (Å²) < 4.78 is 9.63. The quantitative estimate of drug-likeness (QED) is 0.505. The molecule has 2 rings (SSSR count). The van der Waals surface area contributed by atoms with Crippen molar-refractivity contribution in [1.29, 1.82) is 0 Å². The number of nitro benzene ring substituents is 1. The maximum Gasteiger partial charge on any atom is 0.338 e. The minimum Gasteiger partial charge on any atom is -0.465 e. The number of benzene rings is 1. The van der Waals surface area contributed by atoms with E-state index >= 15 is 0 Å². The molecule has 0 aromatic heterocycles. The van der Waals surface area contributed by atoms with Gasteiger partial charge in [0.1, 0.15) is 5.69 Å². The normalized spacial score (nSPS) is 16.3. The van der Waals surface area contributed by atoms with Crippen LogP contribution in [-0.4, -0.2) is 36.8 Å². The summed E-state index contributed by atoms with van der Waals surface area (Å²) in [5, 5.41) is 14.1. The van der Waals surface area contributed by atoms with Crippen LogP contribution >= 0.6 is 0 Å². The molecule has 1 aromatic rings. The number of methoxy groups -OCH3 is 1. The molecule has 102 valence electrons. The number of nitrogens with one attached hydrogen (secondary N) is 1. The lowest BCUT2D eigenvalue weighted by Gasteiger charge is -2.39. The Kier molecular flexibility index (Phi) is 3.39. The molecule has 1 fully saturated rings. The molecule has 1 aromatic carbocycles. The van der Waals surface area contributed by atoms with Gasteiger partial charge < -0.3 is 14.8 Å². The van der Waals surface area contributed by atoms with Crippen LogP contribution < -0.4 is 5.32 Å². The van der Waals surface area contributed by atoms with Crippen LogP contribution in [0.1, 0.15) is 17.3 Å². The summed E-state index contributed by atoms with van der Waals surface area (Å²) >= 11 is 0. The maximum absolute atomic E-state index is 11.4. The molecule has 0 unspecified atom stereocenters. The van der Waals surface area contributed by atoms with E-state index in [1.165, 1.54) is 25.3 Å². The van der Waals surface area contributed by atoms with E-state index in [0.717, 1.165) is 0 Å². The molecular formula is C12H14N2O5. The number of carbonyl (C=O) groups excluding carboxylic acids is 1. The van der Waals surface area contributed by atoms with Crippen LogP contribution in [0.25, 0.3) is 0 Å². The van der Waals surface area contributed by atoms with Crippen molar-refractivity contribution in [3.63, 3.8) is 0 Å². The first-order chi connectivity index (χ1) is 8.95. The van der Waals surface area contributed by atoms with Crippen molar-refractivity contribution < 1.29 is 19.2 Å². The lowest BCUT2D eigenvalue weighted by molar-refractivity contribution is -0.384. The van der Waals surface area contributed by atoms with E-state index in [0.29, 0.717) is 18.9 Å². The molecule has 0 saturated carbocycles. The van der Waals surface area contributed by atoms with E-state index in [2.05, 4.69) is 10.1 Å². The van der Waals surface area contributed by atoms with Crippen LogP contribution in [0.4, 0.5) is 11.4 Å². The molecule has 0 radical (unpaired) electrons. The highest BCUT2D eigenvalue weighted by molar-refractivity contribution is 5.91. The number of hydrogen-bond donors (Lipinski definition) is 1. The Bertz CT molecular complexity index is 525. The fourth-order valence-electron chi connectivity index (χ4n) is 1.84. The number of nitro groups is 1. The van der Waals surface area contributed by atoms with Gasteiger partial charge in [0, 0.05) is 6.07 Å². The zero-order chi connectivity index (χ0) is 14.0. The minimum absolute atomic E-state index is 0.148. The highest BCUT2D eigenvalue weighted by Gasteiger charge is 2.35. The van der Waals surface area contributed by atoms with Gasteiger partial charge in [0.25, 0.3) is 5.69 Å². The first-order valence-electron chi connectivity index (χ1n) is 5.68. The SMILES string of the molecule is COC(=O)c1ccc(NC2(C)COC2)c([N+](=O)[O-])c1. The summed E-state index contributed by atoms with van der Waals surface area (Å²) in [7, 11) is 1.23. The van der Waals surface area contributed by atoms with Crippen molar-refractivity contribution in [3.8, 4) is 0 Å². The van der Waals surface area contributed by atoms with Gasteiger partial charge in [-0.05, 0) is 19.1 Å². The van der Waals surface area contributed by atoms with Gasteiger partial charge in [0.05, 0.1) is 36.3 Å². The average molecular weight is 266 g/mol. The number of rotatable bonds is 4. The van der Waals surface area contributed by atoms with Gasteiger partial charge in [-0.2, -0.15) is 0 Å². The monoisotopic (exact) mass is 266 g/mol. The van der Waals surface area contributed by atoms with E-state index in [9.17, 15) is 14.9 Å². The summed E-state index contributed by atoms with van der Waals surface area (Å²) in [6, 6.07) is 4.20. The zero-order valence-electron chi connectivity index (χ0n) is 10.6. The molecule has 0 bridgehead atoms. The third-order valence-corrected chi connectivity index (χ3v) is 2.89. The molecule has 1 N–H and O–H groups in total. The Morgan fingerprint density at radius 3 is 2.68 bits per heavy atom. The van der Waals surface area contributed by atoms with Gasteiger partial charge in [0.15, 0.2) is 0 Å². The second-order valence-corrected chi connectivity index (χ2v) is 4.66. The number of carbonyl (C=O) groups is 1. The van der Waals surface area contributed by atoms with Crippen molar-refractivity contribution in [2.45, 2.75) is 12.5 Å². The topological polar surface area (TPSA) is 90.7 Å². The van der Waals surface area contributed by atoms with Crippen molar-refractivity contribution in [2.24, 2.45) is 0 Å². The van der Waals surface area contributed by atoms with E-state index in [-0.39, 0.29) is 16.8 Å². The maximum atomic E-state index is 11.4. The van der Waals surface area contributed by atoms with Gasteiger partial charge >= 0.3 is 5.97 Å². The standard InChI is InChI=1S/C12H14N2O5/c1-12(6-19-7-12)13-9-4-3-8(11(15)18-2)5-10(9)14(16)17/h3-5,13H,6-7H2,1-2H3. The van der Waals surface area contributed by atoms with Gasteiger partial charge in [-0.1, -0.05) is 0 Å². The molecule has 1 heterocycles. The van der Waals surface area contributed by atoms with Crippen molar-refractivity contribution in [2.75, 3.05) is 25.6 Å². The Labute approximate surface area is 109 Å². The van der Waals surface area contributed by atoms with E-state index < -0.39 is 10.9 Å². The van der Waals surface area contributed by atoms with Crippen LogP contribution in [0.5, 0.6) is 0 Å². The highest BCUT2D eigenvalue weighted by Crippen LogP contribution is 2.30. The molecule has 7 nitrogen and oxygen atoms in total. The Morgan fingerprint density at radius 1 is 1.53 bits per heavy atom. The second kappa shape index (κ2) is 4.85. The Morgan fingerprint density at radius 2 is 2.21 bits per heavy atom. The Hall–Kier alpha value is -2.15. The summed E-state index contributed by atoms with van der Waals surface area (Å²) in [6.45, 7) is 2.89. The third-order valence-electron chi connectivity index (χ3n) is 2.89. The number of nitrogens with zero attached hydrogens (tertiary/aromatic N) is 1. The van der Waals surface area contributed by atoms with Gasteiger partial charge in [-0.3, -0.25) is 10.1 Å². The molecule has 0 amide bonds. The van der Waals surface area contributed by atoms with Crippen LogP contribution in [0.2, 0.25) is 0 Å². The van der Waals surface area contributed by atoms with Crippen molar-refractivity contribution in [1.82, 2.24) is 0 Å². The first-order valence-corrected chi connectivity index (χ1v) is 5.68. The molecule has 1 aliphatic heterocycles. The zero-order valence-corrected chi connectivity index (χ0v) is 10.6. The van der Waals surface area contributed by atoms with Crippen molar-refractivity contribution >= 4 is 17.3 Å². The minimum atomic E-state index is -0.604. The van der Waals surface area contributed by atoms with Crippen molar-refractivity contribution in [3.05, 3.63) is 33.9 Å². The smallest absolute Gasteiger partial charge is 0.338 e. The van der Waals surface area contributed by atoms with E-state index in [4.69, 9.17) is 4.74 Å². The van der Waals surface area contributed by atoms with Crippen LogP contribution in [-0.2, 0) is 9.47 Å². The summed E-state index contributed by atoms with van der Waals surface area (Å²) in [4.78, 5) is 21.9. The number of anilines is 1. The molecule has 19 heavy (non-hydrogen) atoms. The predicted octanol–water partition coefficient (Wildman–Crippen LogP) is 1.58. The molecule has 0 aliphatic carbocycles. The van der Waals surface area contributed by atoms with E-state index in [1.54, 1.807) is 0 Å². The fraction of sp³-hybridized carbons (Fsp3) is 0.417. The van der Waals surface area contributed by atoms with Crippen LogP contribution in [0.15, 0.2) is 18.2 Å². The highest BCUT2D eigenvalue weighted by atomic mass is 16.6. The fourth-order valence-corrected chi connectivity index (χ4v) is 1.84. The summed E-state index contributed by atoms with van der Waals surface area (Å²) in [5.74, 6) is -0.604. The molecule has 0 atom stereocenters. The van der Waals surface area contributed by atoms with Crippen LogP contribution in [0, 0.1) is 10.1 Å². The van der Waals surface area contributed by atoms with Gasteiger partial charge in [-0.15, -0.1) is 0 Å². The molecule has 7 heteroatoms. The van der Waals surface area contributed by atoms with Crippen LogP contribution in [0.3, 0.4) is 0 Å². The predicted molar refractivity (Wildman–Crippen MR) is 67.3 cm³/mol. The van der Waals surface area contributed by atoms with E-state index in [1.807, 2.05) is 6.92 Å². The second-order valence-electron chi connectivity index (χ2n) is 4.66. The number of esters is 1. The molecule has 0 spiro atoms. The number of hydrogen-bond acceptors (Lipinski definition) is 6. The number of ether oxygens (including phenoxy) is 2. The summed E-state index contributed by atoms with van der Waals surface area (Å²) in [5.41, 5.74) is 0.0478. The molecular weight excluding hydrogens is 252 g/mol. The van der Waals surface area contributed by atoms with Gasteiger partial charge in [0.2, 0.25) is 0 Å². The third kappa shape index (κ3) is 2.65. The molecule has 1 aliphatic rings. The lowest BCUT2D eigenvalue weighted by Crippen LogP contribution is -2.53. The Balaban J connectivity index is 2.32. The van der Waals surface area contributed by atoms with Gasteiger partial charge in [-0.25, -0.2) is 4.79 Å². The first kappa shape index (κ1) is 13.3. The average Bonchev–Trinajstić information content (AvgIpc) is 2.36. The molecule has 1 saturated heterocycles. The summed E-state index contributed by atoms with van der Waals surface area (Å²) in [6.07, 6.45) is 0. The lowest BCUT2D eigenvalue weighted by atomic mass is 9.99. The largest absolute Gasteiger partial charge is 0.465 e.